The van der Waals surface area contributed by atoms with Crippen LogP contribution >= 0.6 is 0 Å². The minimum atomic E-state index is -0.900. The molecule has 2 rings (SSSR count). The lowest BCUT2D eigenvalue weighted by atomic mass is 9.96. The summed E-state index contributed by atoms with van der Waals surface area (Å²) in [5, 5.41) is 12.5. The van der Waals surface area contributed by atoms with Gasteiger partial charge < -0.3 is 15.2 Å². The summed E-state index contributed by atoms with van der Waals surface area (Å²) < 4.78 is 32.5. The largest absolute Gasteiger partial charge is 0.505 e. The van der Waals surface area contributed by atoms with Crippen LogP contribution in [0.25, 0.3) is 0 Å². The van der Waals surface area contributed by atoms with Crippen molar-refractivity contribution in [2.75, 3.05) is 13.7 Å². The number of halogens is 2. The third kappa shape index (κ3) is 2.20. The van der Waals surface area contributed by atoms with Crippen molar-refractivity contribution in [3.63, 3.8) is 0 Å². The molecule has 0 amide bonds. The van der Waals surface area contributed by atoms with Gasteiger partial charge in [0.2, 0.25) is 0 Å². The average molecular weight is 243 g/mol. The number of methoxy groups -OCH3 is 1. The van der Waals surface area contributed by atoms with Crippen molar-refractivity contribution in [2.24, 2.45) is 0 Å². The molecule has 0 saturated carbocycles. The van der Waals surface area contributed by atoms with Gasteiger partial charge in [-0.3, -0.25) is 0 Å². The summed E-state index contributed by atoms with van der Waals surface area (Å²) in [6, 6.07) is 0.557. The Morgan fingerprint density at radius 1 is 1.35 bits per heavy atom. The molecule has 1 aliphatic heterocycles. The molecule has 0 aliphatic carbocycles. The Bertz CT molecular complexity index is 417. The van der Waals surface area contributed by atoms with E-state index in [9.17, 15) is 13.9 Å². The van der Waals surface area contributed by atoms with Gasteiger partial charge in [-0.2, -0.15) is 0 Å². The molecule has 1 atom stereocenters. The summed E-state index contributed by atoms with van der Waals surface area (Å²) in [6.07, 6.45) is 2.56. The van der Waals surface area contributed by atoms with E-state index in [0.717, 1.165) is 25.5 Å². The summed E-state index contributed by atoms with van der Waals surface area (Å²) in [6.45, 7) is 0.724. The Labute approximate surface area is 98.4 Å². The van der Waals surface area contributed by atoms with Crippen LogP contribution in [0.3, 0.4) is 0 Å². The topological polar surface area (TPSA) is 41.5 Å². The molecule has 1 fully saturated rings. The van der Waals surface area contributed by atoms with Crippen LogP contribution in [-0.2, 0) is 0 Å². The highest BCUT2D eigenvalue weighted by Gasteiger charge is 2.26. The summed E-state index contributed by atoms with van der Waals surface area (Å²) in [4.78, 5) is 0. The van der Waals surface area contributed by atoms with Gasteiger partial charge >= 0.3 is 0 Å². The van der Waals surface area contributed by atoms with Crippen LogP contribution in [0.15, 0.2) is 6.07 Å². The molecule has 2 N–H and O–H groups in total. The molecular formula is C12H15F2NO2. The van der Waals surface area contributed by atoms with E-state index in [1.807, 2.05) is 0 Å². The van der Waals surface area contributed by atoms with E-state index < -0.39 is 23.4 Å². The van der Waals surface area contributed by atoms with Crippen molar-refractivity contribution in [3.05, 3.63) is 23.3 Å². The molecule has 1 aliphatic rings. The molecule has 1 aromatic rings. The highest BCUT2D eigenvalue weighted by atomic mass is 19.1. The first kappa shape index (κ1) is 12.1. The van der Waals surface area contributed by atoms with Crippen molar-refractivity contribution < 1.29 is 18.6 Å². The molecule has 1 saturated heterocycles. The van der Waals surface area contributed by atoms with Crippen molar-refractivity contribution >= 4 is 0 Å². The van der Waals surface area contributed by atoms with E-state index in [4.69, 9.17) is 4.74 Å². The Morgan fingerprint density at radius 2 is 2.12 bits per heavy atom. The Balaban J connectivity index is 2.46. The molecule has 1 aromatic carbocycles. The molecule has 0 bridgehead atoms. The molecule has 17 heavy (non-hydrogen) atoms. The minimum Gasteiger partial charge on any atom is -0.505 e. The van der Waals surface area contributed by atoms with E-state index in [-0.39, 0.29) is 11.3 Å². The van der Waals surface area contributed by atoms with E-state index in [1.54, 1.807) is 0 Å². The Hall–Kier alpha value is -1.36. The van der Waals surface area contributed by atoms with E-state index in [0.29, 0.717) is 6.42 Å². The first-order valence-corrected chi connectivity index (χ1v) is 5.63. The second kappa shape index (κ2) is 4.87. The number of hydrogen-bond acceptors (Lipinski definition) is 3. The third-order valence-electron chi connectivity index (χ3n) is 3.06. The predicted octanol–water partition coefficient (Wildman–Crippen LogP) is 2.49. The Morgan fingerprint density at radius 3 is 2.71 bits per heavy atom. The van der Waals surface area contributed by atoms with Crippen molar-refractivity contribution in [2.45, 2.75) is 25.3 Å². The van der Waals surface area contributed by atoms with Gasteiger partial charge in [-0.15, -0.1) is 0 Å². The maximum atomic E-state index is 14.0. The van der Waals surface area contributed by atoms with Gasteiger partial charge in [0.25, 0.3) is 0 Å². The quantitative estimate of drug-likeness (QED) is 0.838. The van der Waals surface area contributed by atoms with E-state index >= 15 is 0 Å². The third-order valence-corrected chi connectivity index (χ3v) is 3.06. The Kier molecular flexibility index (Phi) is 3.47. The summed E-state index contributed by atoms with van der Waals surface area (Å²) >= 11 is 0. The monoisotopic (exact) mass is 243 g/mol. The molecule has 94 valence electrons. The number of ether oxygens (including phenoxy) is 1. The van der Waals surface area contributed by atoms with Crippen LogP contribution in [0.5, 0.6) is 11.5 Å². The fourth-order valence-electron chi connectivity index (χ4n) is 2.17. The number of nitrogens with one attached hydrogen (secondary N) is 1. The van der Waals surface area contributed by atoms with Gasteiger partial charge in [-0.25, -0.2) is 8.78 Å². The number of benzene rings is 1. The van der Waals surface area contributed by atoms with Gasteiger partial charge in [0.1, 0.15) is 0 Å². The number of phenolic OH excluding ortho intramolecular Hbond substituents is 1. The maximum absolute atomic E-state index is 14.0. The molecule has 0 spiro atoms. The summed E-state index contributed by atoms with van der Waals surface area (Å²) in [5.41, 5.74) is -0.124. The number of hydrogen-bond donors (Lipinski definition) is 2. The first-order chi connectivity index (χ1) is 8.15. The van der Waals surface area contributed by atoms with Crippen LogP contribution < -0.4 is 10.1 Å². The smallest absolute Gasteiger partial charge is 0.173 e. The maximum Gasteiger partial charge on any atom is 0.173 e. The van der Waals surface area contributed by atoms with Crippen LogP contribution in [0.2, 0.25) is 0 Å². The highest BCUT2D eigenvalue weighted by molar-refractivity contribution is 5.42. The van der Waals surface area contributed by atoms with Gasteiger partial charge in [-0.1, -0.05) is 6.42 Å². The number of phenols is 1. The highest BCUT2D eigenvalue weighted by Crippen LogP contribution is 2.36. The summed E-state index contributed by atoms with van der Waals surface area (Å²) in [7, 11) is 1.29. The molecular weight excluding hydrogens is 228 g/mol. The van der Waals surface area contributed by atoms with Gasteiger partial charge in [0.05, 0.1) is 7.11 Å². The van der Waals surface area contributed by atoms with Gasteiger partial charge in [-0.05, 0) is 19.4 Å². The van der Waals surface area contributed by atoms with Crippen LogP contribution in [0, 0.1) is 11.6 Å². The van der Waals surface area contributed by atoms with E-state index in [2.05, 4.69) is 5.32 Å². The lowest BCUT2D eigenvalue weighted by Gasteiger charge is -2.25. The predicted molar refractivity (Wildman–Crippen MR) is 59.2 cm³/mol. The number of rotatable bonds is 2. The van der Waals surface area contributed by atoms with Gasteiger partial charge in [0.15, 0.2) is 23.1 Å². The second-order valence-corrected chi connectivity index (χ2v) is 4.14. The standard InChI is InChI=1S/C12H15F2NO2/c1-17-9-6-8(16)11(13)10(12(9)14)7-4-2-3-5-15-7/h6-7,15-16H,2-5H2,1H3. The van der Waals surface area contributed by atoms with Crippen LogP contribution in [-0.4, -0.2) is 18.8 Å². The van der Waals surface area contributed by atoms with Crippen molar-refractivity contribution in [1.82, 2.24) is 5.32 Å². The molecule has 1 unspecified atom stereocenters. The molecule has 0 aromatic heterocycles. The van der Waals surface area contributed by atoms with E-state index in [1.165, 1.54) is 7.11 Å². The lowest BCUT2D eigenvalue weighted by Crippen LogP contribution is -2.28. The zero-order valence-electron chi connectivity index (χ0n) is 9.59. The number of aromatic hydroxyl groups is 1. The van der Waals surface area contributed by atoms with Crippen LogP contribution in [0.4, 0.5) is 8.78 Å². The fraction of sp³-hybridized carbons (Fsp3) is 0.500. The summed E-state index contributed by atoms with van der Waals surface area (Å²) in [5.74, 6) is -2.35. The molecule has 0 radical (unpaired) electrons. The van der Waals surface area contributed by atoms with Crippen molar-refractivity contribution in [1.29, 1.82) is 0 Å². The average Bonchev–Trinajstić information content (AvgIpc) is 2.35. The number of piperidine rings is 1. The first-order valence-electron chi connectivity index (χ1n) is 5.63. The minimum absolute atomic E-state index is 0.124. The molecule has 1 heterocycles. The fourth-order valence-corrected chi connectivity index (χ4v) is 2.17. The SMILES string of the molecule is COc1cc(O)c(F)c(C2CCCCN2)c1F. The second-order valence-electron chi connectivity index (χ2n) is 4.14. The molecule has 3 nitrogen and oxygen atoms in total. The zero-order valence-corrected chi connectivity index (χ0v) is 9.59. The zero-order chi connectivity index (χ0) is 12.4. The van der Waals surface area contributed by atoms with Crippen LogP contribution in [0.1, 0.15) is 30.9 Å². The normalized spacial score (nSPS) is 20.3. The molecule has 5 heteroatoms. The van der Waals surface area contributed by atoms with Crippen molar-refractivity contribution in [3.8, 4) is 11.5 Å². The van der Waals surface area contributed by atoms with Gasteiger partial charge in [0, 0.05) is 17.7 Å². The lowest BCUT2D eigenvalue weighted by molar-refractivity contribution is 0.341.